The second-order valence-corrected chi connectivity index (χ2v) is 44.8. The summed E-state index contributed by atoms with van der Waals surface area (Å²) in [7, 11) is -12.4. The van der Waals surface area contributed by atoms with Gasteiger partial charge in [0.1, 0.15) is 23.0 Å². The maximum atomic E-state index is 16.5. The summed E-state index contributed by atoms with van der Waals surface area (Å²) >= 11 is 6.68. The predicted molar refractivity (Wildman–Crippen MR) is 507 cm³/mol. The number of anilines is 5. The summed E-state index contributed by atoms with van der Waals surface area (Å²) in [6, 6.07) is 162. The molecular weight excluding hydrogens is 1610 g/mol. The number of ether oxygens (including phenoxy) is 2. The molecule has 6 aliphatic heterocycles. The number of hydrogen-bond donors (Lipinski definition) is 1. The Hall–Kier alpha value is -12.0. The van der Waals surface area contributed by atoms with Crippen molar-refractivity contribution in [2.45, 2.75) is 10.8 Å². The Morgan fingerprint density at radius 2 is 0.549 bits per heavy atom. The van der Waals surface area contributed by atoms with Crippen LogP contribution >= 0.6 is 25.9 Å². The van der Waals surface area contributed by atoms with Crippen molar-refractivity contribution in [1.82, 2.24) is 0 Å². The number of halogens is 1. The van der Waals surface area contributed by atoms with Crippen molar-refractivity contribution in [3.8, 4) is 23.0 Å². The van der Waals surface area contributed by atoms with Gasteiger partial charge in [-0.3, -0.25) is 0 Å². The van der Waals surface area contributed by atoms with E-state index in [2.05, 4.69) is 392 Å². The Kier molecular flexibility index (Phi) is 19.7. The number of fused-ring (bicyclic) bond motifs is 20. The molecule has 12 heteroatoms. The van der Waals surface area contributed by atoms with Gasteiger partial charge in [0, 0.05) is 76.2 Å². The van der Waals surface area contributed by atoms with E-state index in [4.69, 9.17) is 21.1 Å². The SMILES string of the molecule is O=P1(c2ccccc2)c2ccccc2[Si](c2ccccc2)(c2ccccc2)c2cc(Cl)ccc21.O=P1(c2ccccc2)c2ccccc2[Si](c2ccccc2)(c2ccccc2)c2cc(N3c4ccccc4C4(c5ccccc5Oc5ccccc54)c4ccccc43)ccc21.[H-].[K+].c1ccc2c(c1)Nc1ccccc1C21c2ccccc2Oc2ccccc21. The molecule has 2 unspecified atom stereocenters. The summed E-state index contributed by atoms with van der Waals surface area (Å²) in [6.45, 7) is 0. The molecule has 6 nitrogen and oxygen atoms in total. The van der Waals surface area contributed by atoms with E-state index in [0.717, 1.165) is 105 Å². The predicted octanol–water partition coefficient (Wildman–Crippen LogP) is 16.3. The molecule has 24 rings (SSSR count). The summed E-state index contributed by atoms with van der Waals surface area (Å²) in [5.41, 5.74) is 13.9. The van der Waals surface area contributed by atoms with Crippen molar-refractivity contribution >= 4 is 144 Å². The third kappa shape index (κ3) is 11.5. The Labute approximate surface area is 762 Å². The van der Waals surface area contributed by atoms with Gasteiger partial charge < -0.3 is 30.2 Å². The molecule has 0 fully saturated rings. The summed E-state index contributed by atoms with van der Waals surface area (Å²) in [4.78, 5) is 2.44. The molecule has 0 saturated carbocycles. The number of benzene rings is 18. The van der Waals surface area contributed by atoms with Gasteiger partial charge in [-0.15, -0.1) is 0 Å². The van der Waals surface area contributed by atoms with Gasteiger partial charge in [0.25, 0.3) is 0 Å². The van der Waals surface area contributed by atoms with Gasteiger partial charge in [0.2, 0.25) is 0 Å². The van der Waals surface area contributed by atoms with Gasteiger partial charge in [-0.25, -0.2) is 0 Å². The smallest absolute Gasteiger partial charge is 1.00 e. The molecule has 122 heavy (non-hydrogen) atoms. The van der Waals surface area contributed by atoms with Crippen LogP contribution in [0.15, 0.2) is 461 Å². The van der Waals surface area contributed by atoms with E-state index >= 15 is 9.13 Å². The molecule has 2 spiro atoms. The first-order valence-corrected chi connectivity index (χ1v) is 48.9. The first-order chi connectivity index (χ1) is 59.7. The molecule has 18 aromatic carbocycles. The first-order valence-electron chi connectivity index (χ1n) is 41.1. The topological polar surface area (TPSA) is 67.9 Å². The standard InChI is InChI=1S/C55H38NO2PSi.C30H22ClOPSi.C25H17NO.K.H/c57-59(40-20-4-1-5-21-40)51-34-18-19-35-53(51)60(41-22-6-2-7-23-41,42-24-8-3-9-25-42)54-38-39(36-37-52(54)59)56-47-30-14-10-26-43(47)55(44-27-11-15-31-48(44)56)45-28-12-16-32-49(45)58-50-33-17-13-29-46(50)55;31-23-20-21-28-30(22-23)34(25-14-6-2-7-15-25,26-16-8-3-9-17-26)29-19-11-10-18-27(29)33(28,32)24-12-4-1-5-13-24;1-5-13-21-17(9-1)25(18-10-2-6-14-22(18)26-21)19-11-3-7-15-23(19)27-24-16-8-4-12-20(24)25;;/h1-38H;1-22H;1-16,26H;;/q;;;+1;-1. The third-order valence-corrected chi connectivity index (χ3v) is 42.8. The summed E-state index contributed by atoms with van der Waals surface area (Å²) in [6.07, 6.45) is 0. The monoisotopic (exact) mass is 1680 g/mol. The number of para-hydroxylation sites is 8. The fraction of sp³-hybridized carbons (Fsp3) is 0.0182. The molecular formula is C110H78ClKN2O4P2Si2. The van der Waals surface area contributed by atoms with Crippen molar-refractivity contribution in [1.29, 1.82) is 0 Å². The van der Waals surface area contributed by atoms with Crippen LogP contribution in [0.4, 0.5) is 28.4 Å². The zero-order valence-corrected chi connectivity index (χ0v) is 74.4. The van der Waals surface area contributed by atoms with Crippen molar-refractivity contribution in [3.05, 3.63) is 511 Å². The maximum absolute atomic E-state index is 16.5. The van der Waals surface area contributed by atoms with Gasteiger partial charge in [0.15, 0.2) is 30.4 Å². The quantitative estimate of drug-likeness (QED) is 0.127. The molecule has 2 atom stereocenters. The molecule has 6 heterocycles. The third-order valence-electron chi connectivity index (χ3n) is 25.7. The second kappa shape index (κ2) is 31.1. The van der Waals surface area contributed by atoms with Gasteiger partial charge >= 0.3 is 51.4 Å². The molecule has 0 radical (unpaired) electrons. The molecule has 0 aliphatic carbocycles. The molecule has 1 N–H and O–H groups in total. The summed E-state index contributed by atoms with van der Waals surface area (Å²) in [5, 5.41) is 19.4. The average Bonchev–Trinajstić information content (AvgIpc) is 0.647. The van der Waals surface area contributed by atoms with E-state index in [1.54, 1.807) is 0 Å². The van der Waals surface area contributed by atoms with Gasteiger partial charge in [0.05, 0.1) is 22.2 Å². The van der Waals surface area contributed by atoms with E-state index < -0.39 is 41.3 Å². The van der Waals surface area contributed by atoms with Crippen LogP contribution in [0.5, 0.6) is 23.0 Å². The zero-order valence-electron chi connectivity index (χ0n) is 67.7. The minimum atomic E-state index is -3.36. The van der Waals surface area contributed by atoms with Crippen LogP contribution in [0.25, 0.3) is 0 Å². The van der Waals surface area contributed by atoms with Gasteiger partial charge in [-0.05, 0) is 149 Å². The van der Waals surface area contributed by atoms with Crippen LogP contribution in [0.3, 0.4) is 0 Å². The summed E-state index contributed by atoms with van der Waals surface area (Å²) in [5.74, 6) is 3.56. The van der Waals surface area contributed by atoms with Crippen LogP contribution in [-0.2, 0) is 20.0 Å². The Morgan fingerprint density at radius 3 is 0.934 bits per heavy atom. The normalized spacial score (nSPS) is 16.7. The Morgan fingerprint density at radius 1 is 0.270 bits per heavy atom. The van der Waals surface area contributed by atoms with Gasteiger partial charge in [-0.2, -0.15) is 0 Å². The minimum Gasteiger partial charge on any atom is -1.00 e. The molecule has 0 aromatic heterocycles. The van der Waals surface area contributed by atoms with Crippen molar-refractivity contribution < 1.29 is 71.4 Å². The van der Waals surface area contributed by atoms with Crippen LogP contribution in [0, 0.1) is 0 Å². The van der Waals surface area contributed by atoms with E-state index in [1.165, 1.54) is 64.5 Å². The maximum Gasteiger partial charge on any atom is 1.00 e. The Balaban J connectivity index is 0.000000128. The summed E-state index contributed by atoms with van der Waals surface area (Å²) < 4.78 is 44.8. The van der Waals surface area contributed by atoms with Crippen LogP contribution in [0.1, 0.15) is 45.9 Å². The van der Waals surface area contributed by atoms with E-state index in [1.807, 2.05) is 78.9 Å². The number of nitrogens with zero attached hydrogens (tertiary/aromatic N) is 1. The fourth-order valence-corrected chi connectivity index (χ4v) is 40.5. The number of rotatable bonds is 7. The average molecular weight is 1680 g/mol. The van der Waals surface area contributed by atoms with Crippen molar-refractivity contribution in [2.75, 3.05) is 10.2 Å². The Bertz CT molecular complexity index is 6860. The number of nitrogens with one attached hydrogen (secondary N) is 1. The molecule has 578 valence electrons. The van der Waals surface area contributed by atoms with E-state index in [0.29, 0.717) is 5.02 Å². The number of hydrogen-bond acceptors (Lipinski definition) is 6. The van der Waals surface area contributed by atoms with Crippen LogP contribution in [-0.4, -0.2) is 16.1 Å². The van der Waals surface area contributed by atoms with E-state index in [-0.39, 0.29) is 52.8 Å². The van der Waals surface area contributed by atoms with E-state index in [9.17, 15) is 0 Å². The van der Waals surface area contributed by atoms with Crippen LogP contribution in [0.2, 0.25) is 5.02 Å². The zero-order chi connectivity index (χ0) is 80.9. The fourth-order valence-electron chi connectivity index (χ4n) is 21.0. The molecule has 6 aliphatic rings. The molecule has 0 amide bonds. The van der Waals surface area contributed by atoms with Crippen molar-refractivity contribution in [3.63, 3.8) is 0 Å². The second-order valence-electron chi connectivity index (χ2n) is 31.5. The first kappa shape index (κ1) is 77.3. The largest absolute Gasteiger partial charge is 1.00 e. The molecule has 18 aromatic rings. The van der Waals surface area contributed by atoms with Gasteiger partial charge in [-0.1, -0.05) is 388 Å². The van der Waals surface area contributed by atoms with Crippen LogP contribution < -0.4 is 144 Å². The van der Waals surface area contributed by atoms with Crippen molar-refractivity contribution in [2.24, 2.45) is 0 Å². The molecule has 0 bridgehead atoms. The molecule has 0 saturated heterocycles. The minimum absolute atomic E-state index is 0.